The summed E-state index contributed by atoms with van der Waals surface area (Å²) in [6.07, 6.45) is 2.61. The zero-order valence-electron chi connectivity index (χ0n) is 16.9. The van der Waals surface area contributed by atoms with Crippen LogP contribution < -0.4 is 14.4 Å². The summed E-state index contributed by atoms with van der Waals surface area (Å²) >= 11 is 0. The Morgan fingerprint density at radius 1 is 1.17 bits per heavy atom. The summed E-state index contributed by atoms with van der Waals surface area (Å²) in [4.78, 5) is 18.4. The minimum atomic E-state index is -0.363. The first-order valence-electron chi connectivity index (χ1n) is 10.4. The number of aromatic nitrogens is 1. The smallest absolute Gasteiger partial charge is 0.338 e. The molecule has 0 radical (unpaired) electrons. The first kappa shape index (κ1) is 18.8. The average molecular weight is 408 g/mol. The van der Waals surface area contributed by atoms with Crippen LogP contribution in [0.25, 0.3) is 11.1 Å². The summed E-state index contributed by atoms with van der Waals surface area (Å²) in [5, 5.41) is 0. The van der Waals surface area contributed by atoms with E-state index in [1.165, 1.54) is 12.8 Å². The average Bonchev–Trinajstić information content (AvgIpc) is 3.46. The molecule has 2 aromatic carbocycles. The van der Waals surface area contributed by atoms with Crippen LogP contribution in [0, 0.1) is 5.92 Å². The topological polar surface area (TPSA) is 74.0 Å². The monoisotopic (exact) mass is 408 g/mol. The number of rotatable bonds is 8. The van der Waals surface area contributed by atoms with Gasteiger partial charge in [-0.2, -0.15) is 4.98 Å². The molecule has 156 valence electrons. The fourth-order valence-electron chi connectivity index (χ4n) is 3.39. The molecule has 2 fully saturated rings. The van der Waals surface area contributed by atoms with Crippen molar-refractivity contribution in [3.8, 4) is 11.5 Å². The van der Waals surface area contributed by atoms with E-state index in [1.54, 1.807) is 25.1 Å². The van der Waals surface area contributed by atoms with Crippen molar-refractivity contribution in [1.29, 1.82) is 0 Å². The highest BCUT2D eigenvalue weighted by atomic mass is 16.5. The lowest BCUT2D eigenvalue weighted by molar-refractivity contribution is 0.0526. The molecule has 2 heterocycles. The second-order valence-corrected chi connectivity index (χ2v) is 7.77. The maximum absolute atomic E-state index is 11.9. The van der Waals surface area contributed by atoms with E-state index in [2.05, 4.69) is 4.98 Å². The highest BCUT2D eigenvalue weighted by molar-refractivity contribution is 5.93. The van der Waals surface area contributed by atoms with E-state index in [4.69, 9.17) is 18.6 Å². The predicted molar refractivity (Wildman–Crippen MR) is 111 cm³/mol. The normalized spacial score (nSPS) is 16.4. The van der Waals surface area contributed by atoms with Gasteiger partial charge >= 0.3 is 5.97 Å². The van der Waals surface area contributed by atoms with Crippen LogP contribution in [-0.4, -0.2) is 43.4 Å². The van der Waals surface area contributed by atoms with Gasteiger partial charge in [0.1, 0.15) is 23.1 Å². The van der Waals surface area contributed by atoms with Gasteiger partial charge in [-0.15, -0.1) is 0 Å². The van der Waals surface area contributed by atoms with Gasteiger partial charge in [0.2, 0.25) is 0 Å². The molecule has 1 aliphatic heterocycles. The summed E-state index contributed by atoms with van der Waals surface area (Å²) in [5.74, 6) is 2.02. The van der Waals surface area contributed by atoms with Crippen LogP contribution in [0.3, 0.4) is 0 Å². The molecule has 30 heavy (non-hydrogen) atoms. The van der Waals surface area contributed by atoms with E-state index in [1.807, 2.05) is 29.2 Å². The molecule has 1 saturated heterocycles. The third kappa shape index (κ3) is 4.06. The van der Waals surface area contributed by atoms with E-state index in [9.17, 15) is 4.79 Å². The number of fused-ring (bicyclic) bond motifs is 1. The molecule has 7 heteroatoms. The van der Waals surface area contributed by atoms with Crippen molar-refractivity contribution in [3.63, 3.8) is 0 Å². The van der Waals surface area contributed by atoms with Crippen molar-refractivity contribution in [3.05, 3.63) is 48.0 Å². The van der Waals surface area contributed by atoms with E-state index >= 15 is 0 Å². The number of ether oxygens (including phenoxy) is 3. The minimum absolute atomic E-state index is 0.0637. The zero-order chi connectivity index (χ0) is 20.5. The van der Waals surface area contributed by atoms with Gasteiger partial charge in [0.05, 0.1) is 31.9 Å². The number of hydrogen-bond donors (Lipinski definition) is 0. The number of hydrogen-bond acceptors (Lipinski definition) is 7. The van der Waals surface area contributed by atoms with Gasteiger partial charge in [0.25, 0.3) is 6.01 Å². The predicted octanol–water partition coefficient (Wildman–Crippen LogP) is 4.06. The van der Waals surface area contributed by atoms with Gasteiger partial charge in [0, 0.05) is 6.07 Å². The molecule has 0 bridgehead atoms. The van der Waals surface area contributed by atoms with Crippen molar-refractivity contribution in [2.24, 2.45) is 5.92 Å². The molecule has 1 aromatic heterocycles. The van der Waals surface area contributed by atoms with E-state index < -0.39 is 0 Å². The third-order valence-corrected chi connectivity index (χ3v) is 5.30. The first-order valence-corrected chi connectivity index (χ1v) is 10.4. The van der Waals surface area contributed by atoms with E-state index in [0.717, 1.165) is 24.0 Å². The van der Waals surface area contributed by atoms with Crippen LogP contribution in [0.2, 0.25) is 0 Å². The zero-order valence-corrected chi connectivity index (χ0v) is 16.9. The molecule has 1 saturated carbocycles. The molecule has 7 nitrogen and oxygen atoms in total. The largest absolute Gasteiger partial charge is 0.493 e. The Morgan fingerprint density at radius 2 is 2.00 bits per heavy atom. The molecule has 0 spiro atoms. The Labute approximate surface area is 174 Å². The van der Waals surface area contributed by atoms with Gasteiger partial charge in [-0.25, -0.2) is 4.79 Å². The van der Waals surface area contributed by atoms with Crippen LogP contribution in [0.4, 0.5) is 6.01 Å². The maximum Gasteiger partial charge on any atom is 0.338 e. The Kier molecular flexibility index (Phi) is 4.94. The lowest BCUT2D eigenvalue weighted by Gasteiger charge is -2.37. The van der Waals surface area contributed by atoms with Crippen LogP contribution in [-0.2, 0) is 4.74 Å². The second-order valence-electron chi connectivity index (χ2n) is 7.77. The molecule has 0 amide bonds. The molecule has 3 aromatic rings. The van der Waals surface area contributed by atoms with Crippen LogP contribution in [0.1, 0.15) is 30.1 Å². The number of anilines is 1. The molecular formula is C23H24N2O5. The second kappa shape index (κ2) is 7.89. The molecule has 0 unspecified atom stereocenters. The number of benzene rings is 2. The van der Waals surface area contributed by atoms with Crippen LogP contribution >= 0.6 is 0 Å². The maximum atomic E-state index is 11.9. The fourth-order valence-corrected chi connectivity index (χ4v) is 3.39. The summed E-state index contributed by atoms with van der Waals surface area (Å²) in [6.45, 7) is 4.28. The minimum Gasteiger partial charge on any atom is -0.493 e. The lowest BCUT2D eigenvalue weighted by Crippen LogP contribution is -2.54. The van der Waals surface area contributed by atoms with Crippen LogP contribution in [0.5, 0.6) is 11.5 Å². The molecule has 5 rings (SSSR count). The van der Waals surface area contributed by atoms with Gasteiger partial charge in [-0.1, -0.05) is 6.07 Å². The number of oxazole rings is 1. The highest BCUT2D eigenvalue weighted by Crippen LogP contribution is 2.31. The van der Waals surface area contributed by atoms with Crippen LogP contribution in [0.15, 0.2) is 46.9 Å². The van der Waals surface area contributed by atoms with Crippen molar-refractivity contribution in [2.45, 2.75) is 25.9 Å². The molecule has 2 aliphatic rings. The van der Waals surface area contributed by atoms with Crippen molar-refractivity contribution in [2.75, 3.05) is 31.2 Å². The summed E-state index contributed by atoms with van der Waals surface area (Å²) < 4.78 is 22.8. The van der Waals surface area contributed by atoms with Crippen molar-refractivity contribution in [1.82, 2.24) is 4.98 Å². The molecule has 0 N–H and O–H groups in total. The molecule has 1 aliphatic carbocycles. The SMILES string of the molecule is CCOC(=O)c1ccc2nc(N3CC(Oc4cccc(OCC5CC5)c4)C3)oc2c1. The van der Waals surface area contributed by atoms with E-state index in [-0.39, 0.29) is 12.1 Å². The van der Waals surface area contributed by atoms with Gasteiger partial charge in [0.15, 0.2) is 5.58 Å². The van der Waals surface area contributed by atoms with Crippen molar-refractivity contribution < 1.29 is 23.4 Å². The van der Waals surface area contributed by atoms with Gasteiger partial charge in [-0.05, 0) is 56.0 Å². The standard InChI is InChI=1S/C23H24N2O5/c1-2-27-22(26)16-8-9-20-21(10-16)30-23(24-20)25-12-19(13-25)29-18-5-3-4-17(11-18)28-14-15-6-7-15/h3-5,8-11,15,19H,2,6-7,12-14H2,1H3. The number of carbonyl (C=O) groups is 1. The number of carbonyl (C=O) groups excluding carboxylic acids is 1. The summed E-state index contributed by atoms with van der Waals surface area (Å²) in [7, 11) is 0. The quantitative estimate of drug-likeness (QED) is 0.520. The summed E-state index contributed by atoms with van der Waals surface area (Å²) in [6, 6.07) is 13.5. The Hall–Kier alpha value is -3.22. The van der Waals surface area contributed by atoms with Crippen molar-refractivity contribution >= 4 is 23.1 Å². The fraction of sp³-hybridized carbons (Fsp3) is 0.391. The Bertz CT molecular complexity index is 1050. The van der Waals surface area contributed by atoms with Gasteiger partial charge in [-0.3, -0.25) is 0 Å². The lowest BCUT2D eigenvalue weighted by atomic mass is 10.2. The summed E-state index contributed by atoms with van der Waals surface area (Å²) in [5.41, 5.74) is 1.74. The Balaban J connectivity index is 1.18. The highest BCUT2D eigenvalue weighted by Gasteiger charge is 2.32. The molecule has 0 atom stereocenters. The third-order valence-electron chi connectivity index (χ3n) is 5.30. The number of nitrogens with zero attached hydrogens (tertiary/aromatic N) is 2. The molecular weight excluding hydrogens is 384 g/mol. The van der Waals surface area contributed by atoms with E-state index in [0.29, 0.717) is 42.4 Å². The number of esters is 1. The first-order chi connectivity index (χ1) is 14.7. The van der Waals surface area contributed by atoms with Gasteiger partial charge < -0.3 is 23.5 Å². The Morgan fingerprint density at radius 3 is 2.80 bits per heavy atom.